The molecule has 0 aromatic heterocycles. The van der Waals surface area contributed by atoms with Crippen LogP contribution in [0, 0.1) is 5.92 Å². The van der Waals surface area contributed by atoms with Gasteiger partial charge in [0.25, 0.3) is 0 Å². The van der Waals surface area contributed by atoms with Gasteiger partial charge in [-0.05, 0) is 102 Å². The first-order valence-electron chi connectivity index (χ1n) is 28.3. The summed E-state index contributed by atoms with van der Waals surface area (Å²) in [6, 6.07) is -0.744. The second-order valence-electron chi connectivity index (χ2n) is 22.4. The van der Waals surface area contributed by atoms with Gasteiger partial charge in [0.1, 0.15) is 89.5 Å². The molecule has 0 unspecified atom stereocenters. The maximum atomic E-state index is 15.8. The third kappa shape index (κ3) is 14.5. The lowest BCUT2D eigenvalue weighted by atomic mass is 9.89. The van der Waals surface area contributed by atoms with Gasteiger partial charge in [-0.2, -0.15) is 0 Å². The number of amides is 7. The van der Waals surface area contributed by atoms with Gasteiger partial charge >= 0.3 is 5.97 Å². The first kappa shape index (κ1) is 67.7. The van der Waals surface area contributed by atoms with Crippen LogP contribution in [0.1, 0.15) is 84.8 Å². The molecule has 34 heteroatoms. The van der Waals surface area contributed by atoms with E-state index in [1.165, 1.54) is 19.2 Å². The normalized spacial score (nSPS) is 25.8. The smallest absolute Gasteiger partial charge is 0.330 e. The zero-order valence-electron chi connectivity index (χ0n) is 48.9. The number of carbonyl (C=O) groups is 8. The molecule has 5 aromatic carbocycles. The van der Waals surface area contributed by atoms with Crippen LogP contribution in [-0.2, 0) is 43.1 Å². The van der Waals surface area contributed by atoms with E-state index in [4.69, 9.17) is 53.4 Å². The summed E-state index contributed by atoms with van der Waals surface area (Å²) in [6.07, 6.45) is -14.9. The van der Waals surface area contributed by atoms with Crippen LogP contribution in [0.3, 0.4) is 0 Å². The number of carbonyl (C=O) groups excluding carboxylic acids is 7. The molecule has 6 heterocycles. The lowest BCUT2D eigenvalue weighted by Crippen LogP contribution is -2.59. The van der Waals surface area contributed by atoms with Crippen LogP contribution in [0.2, 0.25) is 10.0 Å². The molecule has 0 aliphatic carbocycles. The molecule has 0 radical (unpaired) electrons. The first-order chi connectivity index (χ1) is 44.1. The van der Waals surface area contributed by atoms with Crippen LogP contribution in [-0.4, -0.2) is 162 Å². The highest BCUT2D eigenvalue weighted by molar-refractivity contribution is 6.32. The number of hydrogen-bond donors (Lipinski definition) is 17. The molecule has 32 nitrogen and oxygen atoms in total. The number of carboxylic acids is 1. The van der Waals surface area contributed by atoms with E-state index in [2.05, 4.69) is 47.2 Å². The Hall–Kier alpha value is -9.73. The highest BCUT2D eigenvalue weighted by Gasteiger charge is 2.47. The predicted octanol–water partition coefficient (Wildman–Crippen LogP) is 1.19. The third-order valence-electron chi connectivity index (χ3n) is 15.5. The highest BCUT2D eigenvalue weighted by Crippen LogP contribution is 2.49. The molecule has 6 aliphatic rings. The number of nitrogens with two attached hydrogens (primary N) is 1. The van der Waals surface area contributed by atoms with Gasteiger partial charge in [-0.15, -0.1) is 0 Å². The van der Waals surface area contributed by atoms with Gasteiger partial charge in [-0.3, -0.25) is 33.6 Å². The highest BCUT2D eigenvalue weighted by atomic mass is 35.5. The van der Waals surface area contributed by atoms with Crippen molar-refractivity contribution in [1.29, 1.82) is 0 Å². The molecule has 492 valence electrons. The fourth-order valence-electron chi connectivity index (χ4n) is 10.8. The number of aromatic hydroxyl groups is 3. The van der Waals surface area contributed by atoms with E-state index < -0.39 is 213 Å². The van der Waals surface area contributed by atoms with Crippen molar-refractivity contribution in [2.75, 3.05) is 13.6 Å². The number of aliphatic hydroxyl groups is 5. The number of aliphatic carboxylic acids is 1. The molecular weight excluding hydrogens is 1270 g/mol. The summed E-state index contributed by atoms with van der Waals surface area (Å²) in [5.41, 5.74) is 12.0. The molecule has 14 atom stereocenters. The van der Waals surface area contributed by atoms with Gasteiger partial charge in [0, 0.05) is 27.7 Å². The minimum Gasteiger partial charge on any atom is -0.508 e. The van der Waals surface area contributed by atoms with Crippen molar-refractivity contribution in [3.05, 3.63) is 127 Å². The van der Waals surface area contributed by atoms with E-state index in [0.717, 1.165) is 66.7 Å². The average molecular weight is 1330 g/mol. The monoisotopic (exact) mass is 1330 g/mol. The van der Waals surface area contributed by atoms with Crippen molar-refractivity contribution in [1.82, 2.24) is 37.2 Å². The minimum atomic E-state index is -2.32. The summed E-state index contributed by atoms with van der Waals surface area (Å²) in [5, 5.41) is 122. The topological polar surface area (TPSA) is 515 Å². The fourth-order valence-corrected chi connectivity index (χ4v) is 11.3. The number of azide groups is 1. The summed E-state index contributed by atoms with van der Waals surface area (Å²) in [5.74, 6) is -16.0. The van der Waals surface area contributed by atoms with Gasteiger partial charge in [-0.25, -0.2) is 4.79 Å². The second-order valence-corrected chi connectivity index (χ2v) is 23.2. The van der Waals surface area contributed by atoms with Gasteiger partial charge in [0.15, 0.2) is 17.5 Å². The molecule has 0 saturated carbocycles. The Labute approximate surface area is 535 Å². The fraction of sp³-hybridized carbons (Fsp3) is 0.356. The second kappa shape index (κ2) is 28.0. The van der Waals surface area contributed by atoms with Crippen molar-refractivity contribution in [3.8, 4) is 57.1 Å². The van der Waals surface area contributed by atoms with E-state index in [9.17, 15) is 69.9 Å². The summed E-state index contributed by atoms with van der Waals surface area (Å²) in [4.78, 5) is 118. The number of rotatable bonds is 12. The van der Waals surface area contributed by atoms with E-state index in [1.54, 1.807) is 0 Å². The van der Waals surface area contributed by atoms with Crippen LogP contribution in [0.15, 0.2) is 84.0 Å². The number of fused-ring (bicyclic) bond motifs is 15. The molecule has 5 aromatic rings. The SMILES string of the molecule is CN[C@H](CC(C)C)C(=O)N[C@H]1C(=O)N[C@@H](CC(N)=O)C(=O)N[C@H]2C(=O)N[C@H]3C(=O)N[C@H](C(=O)N[C@H](C(=O)O)c4cc(O)cc(O)c4-c4cc3ccc4O)[C@H](O)c3ccc(c(Cl)c3)Oc3cc2cc(c3O[C@@H]2O[C@H](CN=[N+]=[N-])[C@@H](O)[C@H](O)[C@H]2O)Oc2ccc(cc2Cl)[C@H]1O. The van der Waals surface area contributed by atoms with Gasteiger partial charge in [0.05, 0.1) is 35.2 Å². The number of halogens is 2. The Bertz CT molecular complexity index is 3880. The molecular formula is C59H61Cl2N11O21. The zero-order chi connectivity index (χ0) is 67.6. The number of likely N-dealkylation sites (N-methyl/N-ethyl adjacent to an activating group) is 1. The van der Waals surface area contributed by atoms with E-state index in [-0.39, 0.29) is 39.8 Å². The Morgan fingerprint density at radius 1 is 0.699 bits per heavy atom. The largest absolute Gasteiger partial charge is 0.508 e. The predicted molar refractivity (Wildman–Crippen MR) is 320 cm³/mol. The van der Waals surface area contributed by atoms with Crippen molar-refractivity contribution < 1.29 is 103 Å². The van der Waals surface area contributed by atoms with E-state index in [1.807, 2.05) is 13.8 Å². The molecule has 1 fully saturated rings. The molecule has 0 spiro atoms. The summed E-state index contributed by atoms with van der Waals surface area (Å²) < 4.78 is 25.1. The maximum Gasteiger partial charge on any atom is 0.330 e. The molecule has 1 saturated heterocycles. The molecule has 7 amide bonds. The number of phenolic OH excluding ortho intramolecular Hbond substituents is 3. The van der Waals surface area contributed by atoms with Gasteiger partial charge < -0.3 is 108 Å². The number of phenols is 3. The van der Waals surface area contributed by atoms with Crippen LogP contribution >= 0.6 is 23.2 Å². The van der Waals surface area contributed by atoms with Crippen molar-refractivity contribution >= 4 is 70.5 Å². The summed E-state index contributed by atoms with van der Waals surface area (Å²) >= 11 is 13.9. The van der Waals surface area contributed by atoms with Crippen LogP contribution < -0.4 is 57.2 Å². The summed E-state index contributed by atoms with van der Waals surface area (Å²) in [6.45, 7) is 2.98. The molecule has 93 heavy (non-hydrogen) atoms. The van der Waals surface area contributed by atoms with Crippen molar-refractivity contribution in [3.63, 3.8) is 0 Å². The number of aliphatic hydroxyl groups excluding tert-OH is 5. The van der Waals surface area contributed by atoms with Gasteiger partial charge in [-0.1, -0.05) is 60.4 Å². The average Bonchev–Trinajstić information content (AvgIpc) is 0.780. The lowest BCUT2D eigenvalue weighted by molar-refractivity contribution is -0.270. The van der Waals surface area contributed by atoms with Crippen molar-refractivity contribution in [2.24, 2.45) is 16.8 Å². The van der Waals surface area contributed by atoms with E-state index in [0.29, 0.717) is 0 Å². The van der Waals surface area contributed by atoms with Crippen LogP contribution in [0.4, 0.5) is 0 Å². The number of carboxylic acid groups (broad SMARTS) is 1. The number of benzene rings is 5. The molecule has 18 N–H and O–H groups in total. The molecule has 11 rings (SSSR count). The maximum absolute atomic E-state index is 15.8. The molecule has 11 bridgehead atoms. The Morgan fingerprint density at radius 3 is 1.89 bits per heavy atom. The van der Waals surface area contributed by atoms with Crippen LogP contribution in [0.5, 0.6) is 46.0 Å². The minimum absolute atomic E-state index is 0.0884. The Kier molecular flexibility index (Phi) is 20.4. The third-order valence-corrected chi connectivity index (χ3v) is 16.1. The standard InChI is InChI=1S/C59H61Cl2N11O21/c1-20(2)10-30(64-3)52(82)70-44-46(77)22-5-8-34(28(60)12-22)90-36-14-24-15-37(51(36)93-59-50(81)49(80)48(79)38(92-59)19-65-72-63)91-35-9-6-23(13-29(35)61)47(78)45-57(87)69-43(58(88)89)27-16-25(73)17-33(75)40(27)26-11-21(4-7-32(26)74)41(54(84)71-45)68-55(85)42(24)67-53(83)31(18-39(62)76)66-56(44)86/h4-9,11-17,20,30-31,38,41-50,59,64,73-75,77-81H,10,18-19H2,1-3H3,(H2,62,76)(H,66,86)(H,67,83)(H,68,85)(H,69,87)(H,70,82)(H,71,84)(H,88,89)/t30-,31+,38-,41-,42-,43+,44-,45+,46-,47-,48-,49+,50-,59+/m1/s1. The Balaban J connectivity index is 1.32. The number of nitrogens with zero attached hydrogens (tertiary/aromatic N) is 3. The van der Waals surface area contributed by atoms with Crippen molar-refractivity contribution in [2.45, 2.75) is 112 Å². The summed E-state index contributed by atoms with van der Waals surface area (Å²) in [7, 11) is 1.47. The van der Waals surface area contributed by atoms with Gasteiger partial charge in [0.2, 0.25) is 53.4 Å². The zero-order valence-corrected chi connectivity index (χ0v) is 50.4. The molecule has 6 aliphatic heterocycles. The Morgan fingerprint density at radius 2 is 1.30 bits per heavy atom. The number of primary amides is 1. The van der Waals surface area contributed by atoms with Crippen LogP contribution in [0.25, 0.3) is 21.6 Å². The number of ether oxygens (including phenoxy) is 4. The quantitative estimate of drug-likeness (QED) is 0.0474. The number of hydrogen-bond acceptors (Lipinski definition) is 22. The first-order valence-corrected chi connectivity index (χ1v) is 29.1. The van der Waals surface area contributed by atoms with E-state index >= 15 is 14.4 Å². The number of nitrogens with one attached hydrogen (secondary N) is 7. The lowest BCUT2D eigenvalue weighted by Gasteiger charge is -2.40.